The summed E-state index contributed by atoms with van der Waals surface area (Å²) in [5.74, 6) is -0.971. The van der Waals surface area contributed by atoms with Gasteiger partial charge in [-0.2, -0.15) is 0 Å². The Balaban J connectivity index is 2.02. The molecular weight excluding hydrogens is 313 g/mol. The zero-order chi connectivity index (χ0) is 13.8. The highest BCUT2D eigenvalue weighted by Gasteiger charge is 2.15. The van der Waals surface area contributed by atoms with Crippen molar-refractivity contribution in [2.75, 3.05) is 0 Å². The van der Waals surface area contributed by atoms with E-state index < -0.39 is 11.7 Å². The SMILES string of the molecule is CC(Cn1ccnc1)NC(=O)c1cccc(Br)c1F. The number of hydrogen-bond donors (Lipinski definition) is 1. The molecule has 0 spiro atoms. The minimum Gasteiger partial charge on any atom is -0.348 e. The molecule has 1 aromatic heterocycles. The van der Waals surface area contributed by atoms with Crippen molar-refractivity contribution in [2.45, 2.75) is 19.5 Å². The minimum absolute atomic E-state index is 0.0341. The van der Waals surface area contributed by atoms with E-state index >= 15 is 0 Å². The standard InChI is InChI=1S/C13H13BrFN3O/c1-9(7-18-6-5-16-8-18)17-13(19)10-3-2-4-11(14)12(10)15/h2-6,8-9H,7H2,1H3,(H,17,19). The zero-order valence-corrected chi connectivity index (χ0v) is 11.9. The molecule has 1 aromatic carbocycles. The van der Waals surface area contributed by atoms with Gasteiger partial charge in [0.1, 0.15) is 5.82 Å². The monoisotopic (exact) mass is 325 g/mol. The fourth-order valence-electron chi connectivity index (χ4n) is 1.74. The highest BCUT2D eigenvalue weighted by Crippen LogP contribution is 2.18. The lowest BCUT2D eigenvalue weighted by Crippen LogP contribution is -2.35. The van der Waals surface area contributed by atoms with Crippen molar-refractivity contribution < 1.29 is 9.18 Å². The summed E-state index contributed by atoms with van der Waals surface area (Å²) in [7, 11) is 0. The molecule has 0 saturated heterocycles. The van der Waals surface area contributed by atoms with Gasteiger partial charge in [-0.05, 0) is 35.0 Å². The number of nitrogens with one attached hydrogen (secondary N) is 1. The van der Waals surface area contributed by atoms with Crippen LogP contribution in [-0.2, 0) is 6.54 Å². The summed E-state index contributed by atoms with van der Waals surface area (Å²) in [4.78, 5) is 15.9. The van der Waals surface area contributed by atoms with Crippen LogP contribution in [0.4, 0.5) is 4.39 Å². The van der Waals surface area contributed by atoms with Gasteiger partial charge in [0.15, 0.2) is 0 Å². The molecule has 1 unspecified atom stereocenters. The molecular formula is C13H13BrFN3O. The van der Waals surface area contributed by atoms with Crippen LogP contribution in [0.15, 0.2) is 41.4 Å². The molecule has 6 heteroatoms. The van der Waals surface area contributed by atoms with Crippen molar-refractivity contribution in [1.82, 2.24) is 14.9 Å². The van der Waals surface area contributed by atoms with Crippen molar-refractivity contribution in [3.63, 3.8) is 0 Å². The summed E-state index contributed by atoms with van der Waals surface area (Å²) in [5.41, 5.74) is 0.0341. The summed E-state index contributed by atoms with van der Waals surface area (Å²) in [6.45, 7) is 2.44. The van der Waals surface area contributed by atoms with E-state index in [9.17, 15) is 9.18 Å². The van der Waals surface area contributed by atoms with Crippen LogP contribution in [0.1, 0.15) is 17.3 Å². The van der Waals surface area contributed by atoms with Crippen LogP contribution < -0.4 is 5.32 Å². The van der Waals surface area contributed by atoms with Crippen molar-refractivity contribution >= 4 is 21.8 Å². The Labute approximate surface area is 118 Å². The van der Waals surface area contributed by atoms with E-state index in [-0.39, 0.29) is 16.1 Å². The fourth-order valence-corrected chi connectivity index (χ4v) is 2.10. The van der Waals surface area contributed by atoms with E-state index in [0.717, 1.165) is 0 Å². The normalized spacial score (nSPS) is 12.2. The lowest BCUT2D eigenvalue weighted by molar-refractivity contribution is 0.0932. The first-order chi connectivity index (χ1) is 9.08. The highest BCUT2D eigenvalue weighted by atomic mass is 79.9. The average molecular weight is 326 g/mol. The molecule has 0 aliphatic carbocycles. The maximum atomic E-state index is 13.8. The molecule has 0 bridgehead atoms. The van der Waals surface area contributed by atoms with Gasteiger partial charge in [0.25, 0.3) is 5.91 Å². The quantitative estimate of drug-likeness (QED) is 0.939. The molecule has 1 N–H and O–H groups in total. The van der Waals surface area contributed by atoms with Crippen molar-refractivity contribution in [1.29, 1.82) is 0 Å². The Bertz CT molecular complexity index is 571. The predicted molar refractivity (Wildman–Crippen MR) is 73.3 cm³/mol. The fraction of sp³-hybridized carbons (Fsp3) is 0.231. The second-order valence-corrected chi connectivity index (χ2v) is 5.09. The van der Waals surface area contributed by atoms with Crippen LogP contribution in [0.3, 0.4) is 0 Å². The van der Waals surface area contributed by atoms with Gasteiger partial charge in [0.05, 0.1) is 16.4 Å². The van der Waals surface area contributed by atoms with Crippen LogP contribution >= 0.6 is 15.9 Å². The molecule has 1 atom stereocenters. The van der Waals surface area contributed by atoms with Crippen molar-refractivity contribution in [2.24, 2.45) is 0 Å². The van der Waals surface area contributed by atoms with Crippen LogP contribution in [0.5, 0.6) is 0 Å². The number of amides is 1. The molecule has 2 aromatic rings. The summed E-state index contributed by atoms with van der Waals surface area (Å²) in [5, 5.41) is 2.75. The van der Waals surface area contributed by atoms with Crippen LogP contribution in [0, 0.1) is 5.82 Å². The van der Waals surface area contributed by atoms with Gasteiger partial charge < -0.3 is 9.88 Å². The molecule has 1 heterocycles. The first-order valence-corrected chi connectivity index (χ1v) is 6.58. The Morgan fingerprint density at radius 2 is 2.37 bits per heavy atom. The van der Waals surface area contributed by atoms with Gasteiger partial charge in [-0.3, -0.25) is 4.79 Å². The zero-order valence-electron chi connectivity index (χ0n) is 10.3. The first kappa shape index (κ1) is 13.7. The Hall–Kier alpha value is -1.69. The van der Waals surface area contributed by atoms with Gasteiger partial charge in [-0.15, -0.1) is 0 Å². The van der Waals surface area contributed by atoms with Crippen LogP contribution in [-0.4, -0.2) is 21.5 Å². The van der Waals surface area contributed by atoms with Gasteiger partial charge in [0, 0.05) is 25.0 Å². The van der Waals surface area contributed by atoms with E-state index in [0.29, 0.717) is 6.54 Å². The summed E-state index contributed by atoms with van der Waals surface area (Å²) >= 11 is 3.06. The largest absolute Gasteiger partial charge is 0.348 e. The Morgan fingerprint density at radius 3 is 3.05 bits per heavy atom. The molecule has 19 heavy (non-hydrogen) atoms. The van der Waals surface area contributed by atoms with Crippen LogP contribution in [0.2, 0.25) is 0 Å². The molecule has 2 rings (SSSR count). The number of halogens is 2. The summed E-state index contributed by atoms with van der Waals surface area (Å²) in [6.07, 6.45) is 5.15. The summed E-state index contributed by atoms with van der Waals surface area (Å²) in [6, 6.07) is 4.52. The maximum absolute atomic E-state index is 13.8. The third kappa shape index (κ3) is 3.41. The molecule has 0 radical (unpaired) electrons. The average Bonchev–Trinajstić information content (AvgIpc) is 2.85. The Morgan fingerprint density at radius 1 is 1.58 bits per heavy atom. The lowest BCUT2D eigenvalue weighted by atomic mass is 10.2. The number of nitrogens with zero attached hydrogens (tertiary/aromatic N) is 2. The van der Waals surface area contributed by atoms with E-state index in [2.05, 4.69) is 26.2 Å². The second-order valence-electron chi connectivity index (χ2n) is 4.24. The molecule has 0 fully saturated rings. The van der Waals surface area contributed by atoms with Crippen molar-refractivity contribution in [3.05, 3.63) is 52.8 Å². The van der Waals surface area contributed by atoms with Gasteiger partial charge in [-0.1, -0.05) is 6.07 Å². The molecule has 0 aliphatic heterocycles. The number of carbonyl (C=O) groups is 1. The van der Waals surface area contributed by atoms with E-state index in [1.54, 1.807) is 24.7 Å². The maximum Gasteiger partial charge on any atom is 0.254 e. The molecule has 0 saturated carbocycles. The van der Waals surface area contributed by atoms with Crippen molar-refractivity contribution in [3.8, 4) is 0 Å². The van der Waals surface area contributed by atoms with Gasteiger partial charge >= 0.3 is 0 Å². The molecule has 4 nitrogen and oxygen atoms in total. The molecule has 100 valence electrons. The number of aromatic nitrogens is 2. The second kappa shape index (κ2) is 5.97. The number of benzene rings is 1. The Kier molecular flexibility index (Phi) is 4.31. The molecule has 0 aliphatic rings. The first-order valence-electron chi connectivity index (χ1n) is 5.78. The van der Waals surface area contributed by atoms with Gasteiger partial charge in [-0.25, -0.2) is 9.37 Å². The highest BCUT2D eigenvalue weighted by molar-refractivity contribution is 9.10. The topological polar surface area (TPSA) is 46.9 Å². The number of carbonyl (C=O) groups excluding carboxylic acids is 1. The summed E-state index contributed by atoms with van der Waals surface area (Å²) < 4.78 is 15.9. The third-order valence-corrected chi connectivity index (χ3v) is 3.23. The van der Waals surface area contributed by atoms with E-state index in [4.69, 9.17) is 0 Å². The number of rotatable bonds is 4. The molecule has 1 amide bonds. The predicted octanol–water partition coefficient (Wildman–Crippen LogP) is 2.60. The number of hydrogen-bond acceptors (Lipinski definition) is 2. The van der Waals surface area contributed by atoms with E-state index in [1.165, 1.54) is 6.07 Å². The minimum atomic E-state index is -0.546. The van der Waals surface area contributed by atoms with Gasteiger partial charge in [0.2, 0.25) is 0 Å². The smallest absolute Gasteiger partial charge is 0.254 e. The third-order valence-electron chi connectivity index (χ3n) is 2.62. The lowest BCUT2D eigenvalue weighted by Gasteiger charge is -2.15. The number of imidazole rings is 1. The van der Waals surface area contributed by atoms with E-state index in [1.807, 2.05) is 17.7 Å². The van der Waals surface area contributed by atoms with Crippen LogP contribution in [0.25, 0.3) is 0 Å².